The fourth-order valence-electron chi connectivity index (χ4n) is 21.5. The van der Waals surface area contributed by atoms with E-state index in [1.807, 2.05) is 72.8 Å². The van der Waals surface area contributed by atoms with Crippen LogP contribution in [0.25, 0.3) is 256 Å². The third-order valence-corrected chi connectivity index (χ3v) is 27.4. The predicted octanol–water partition coefficient (Wildman–Crippen LogP) is 31.7. The zero-order valence-corrected chi connectivity index (χ0v) is 74.6. The van der Waals surface area contributed by atoms with Crippen LogP contribution in [0.3, 0.4) is 0 Å². The van der Waals surface area contributed by atoms with Gasteiger partial charge < -0.3 is 27.4 Å². The lowest BCUT2D eigenvalue weighted by Gasteiger charge is -2.20. The van der Waals surface area contributed by atoms with Crippen molar-refractivity contribution >= 4 is 131 Å². The standard InChI is InChI=1S/2C63H40N6/c1-4-20-41(21-5-1)61-64-62(42-22-6-2-7-23-42)66-63(65-61)50-31-19-37-58(60(50)69-53-33-15-10-26-46(53)47-27-11-16-34-54(47)69)68-55-35-17-13-29-49(55)59-45(30-18-36-57(59)68)43-38-39-56-51(40-43)48-28-12-14-32-52(48)67(56)44-24-8-3-9-25-44;1-4-20-41(21-5-1)61-64-62(42-22-6-2-7-23-42)66-63(65-61)51-31-19-37-57(60(51)69-53-33-15-11-26-46(53)47-27-12-16-34-54(47)69)68-52-32-14-10-28-48(52)49-39-38-43(40-58(49)68)45-30-18-36-56-59(45)50-29-13-17-35-55(50)67(56)44-24-8-3-9-25-44/h2*1-40H. The average Bonchev–Trinajstić information content (AvgIpc) is 1.55. The quantitative estimate of drug-likeness (QED) is 0.107. The van der Waals surface area contributed by atoms with Gasteiger partial charge in [0.1, 0.15) is 0 Å². The highest BCUT2D eigenvalue weighted by Crippen LogP contribution is 2.49. The first-order chi connectivity index (χ1) is 68.5. The summed E-state index contributed by atoms with van der Waals surface area (Å²) in [7, 11) is 0. The van der Waals surface area contributed by atoms with Gasteiger partial charge in [-0.25, -0.2) is 29.9 Å². The second-order valence-corrected chi connectivity index (χ2v) is 35.1. The molecule has 644 valence electrons. The van der Waals surface area contributed by atoms with E-state index in [1.54, 1.807) is 0 Å². The second kappa shape index (κ2) is 32.6. The normalized spacial score (nSPS) is 11.8. The zero-order valence-electron chi connectivity index (χ0n) is 74.6. The summed E-state index contributed by atoms with van der Waals surface area (Å²) in [4.78, 5) is 31.6. The van der Waals surface area contributed by atoms with Crippen molar-refractivity contribution in [2.24, 2.45) is 0 Å². The van der Waals surface area contributed by atoms with E-state index < -0.39 is 0 Å². The third kappa shape index (κ3) is 12.8. The zero-order chi connectivity index (χ0) is 90.8. The van der Waals surface area contributed by atoms with Gasteiger partial charge in [0, 0.05) is 109 Å². The smallest absolute Gasteiger partial charge is 0.166 e. The van der Waals surface area contributed by atoms with Crippen LogP contribution in [0.5, 0.6) is 0 Å². The highest BCUT2D eigenvalue weighted by atomic mass is 15.1. The summed E-state index contributed by atoms with van der Waals surface area (Å²) in [6.45, 7) is 0. The molecule has 12 heteroatoms. The molecule has 0 saturated heterocycles. The van der Waals surface area contributed by atoms with Crippen LogP contribution in [0, 0.1) is 0 Å². The van der Waals surface area contributed by atoms with Crippen LogP contribution in [0.1, 0.15) is 0 Å². The van der Waals surface area contributed by atoms with Crippen LogP contribution in [-0.4, -0.2) is 57.3 Å². The van der Waals surface area contributed by atoms with E-state index in [9.17, 15) is 0 Å². The van der Waals surface area contributed by atoms with Gasteiger partial charge in [0.25, 0.3) is 0 Å². The lowest BCUT2D eigenvalue weighted by atomic mass is 9.98. The van der Waals surface area contributed by atoms with E-state index in [2.05, 4.69) is 440 Å². The molecule has 0 aliphatic carbocycles. The highest BCUT2D eigenvalue weighted by molar-refractivity contribution is 6.21. The molecule has 8 aromatic heterocycles. The van der Waals surface area contributed by atoms with Gasteiger partial charge in [-0.1, -0.05) is 358 Å². The molecule has 0 radical (unpaired) electrons. The Bertz CT molecular complexity index is 9490. The van der Waals surface area contributed by atoms with Gasteiger partial charge in [-0.15, -0.1) is 0 Å². The number of nitrogens with zero attached hydrogens (tertiary/aromatic N) is 12. The largest absolute Gasteiger partial charge is 0.309 e. The number of hydrogen-bond donors (Lipinski definition) is 0. The van der Waals surface area contributed by atoms with Gasteiger partial charge in [0.15, 0.2) is 34.9 Å². The molecule has 0 bridgehead atoms. The van der Waals surface area contributed by atoms with Crippen LogP contribution < -0.4 is 0 Å². The Morgan fingerprint density at radius 2 is 0.377 bits per heavy atom. The van der Waals surface area contributed by atoms with E-state index in [0.29, 0.717) is 34.9 Å². The highest BCUT2D eigenvalue weighted by Gasteiger charge is 2.30. The summed E-state index contributed by atoms with van der Waals surface area (Å²) in [5.41, 5.74) is 29.9. The van der Waals surface area contributed by atoms with E-state index >= 15 is 0 Å². The van der Waals surface area contributed by atoms with Crippen molar-refractivity contribution < 1.29 is 0 Å². The van der Waals surface area contributed by atoms with Gasteiger partial charge >= 0.3 is 0 Å². The number of aromatic nitrogens is 12. The number of fused-ring (bicyclic) bond motifs is 18. The minimum Gasteiger partial charge on any atom is -0.309 e. The van der Waals surface area contributed by atoms with Crippen molar-refractivity contribution in [1.82, 2.24) is 57.3 Å². The molecule has 0 unspecified atom stereocenters. The lowest BCUT2D eigenvalue weighted by Crippen LogP contribution is -2.08. The van der Waals surface area contributed by atoms with Crippen LogP contribution in [-0.2, 0) is 0 Å². The number of hydrogen-bond acceptors (Lipinski definition) is 6. The minimum absolute atomic E-state index is 0.587. The van der Waals surface area contributed by atoms with Crippen molar-refractivity contribution in [1.29, 1.82) is 0 Å². The number of benzene rings is 20. The first kappa shape index (κ1) is 79.0. The molecule has 0 aliphatic rings. The molecule has 20 aromatic carbocycles. The van der Waals surface area contributed by atoms with Gasteiger partial charge in [-0.05, 0) is 150 Å². The maximum atomic E-state index is 5.36. The third-order valence-electron chi connectivity index (χ3n) is 27.4. The molecule has 0 N–H and O–H groups in total. The van der Waals surface area contributed by atoms with Crippen molar-refractivity contribution in [3.63, 3.8) is 0 Å². The Morgan fingerprint density at radius 1 is 0.130 bits per heavy atom. The van der Waals surface area contributed by atoms with Crippen molar-refractivity contribution in [2.75, 3.05) is 0 Å². The molecular weight excluding hydrogens is 1680 g/mol. The summed E-state index contributed by atoms with van der Waals surface area (Å²) >= 11 is 0. The fourth-order valence-corrected chi connectivity index (χ4v) is 21.5. The monoisotopic (exact) mass is 1760 g/mol. The summed E-state index contributed by atoms with van der Waals surface area (Å²) in [5, 5.41) is 14.3. The van der Waals surface area contributed by atoms with Gasteiger partial charge in [-0.2, -0.15) is 0 Å². The van der Waals surface area contributed by atoms with Crippen molar-refractivity contribution in [3.8, 4) is 125 Å². The van der Waals surface area contributed by atoms with Gasteiger partial charge in [0.05, 0.1) is 88.9 Å². The summed E-state index contributed by atoms with van der Waals surface area (Å²) in [6.07, 6.45) is 0. The topological polar surface area (TPSA) is 107 Å². The fraction of sp³-hybridized carbons (Fsp3) is 0. The number of rotatable bonds is 14. The molecule has 138 heavy (non-hydrogen) atoms. The van der Waals surface area contributed by atoms with Crippen LogP contribution in [0.4, 0.5) is 0 Å². The molecule has 28 aromatic rings. The summed E-state index contributed by atoms with van der Waals surface area (Å²) in [5.74, 6) is 3.63. The first-order valence-electron chi connectivity index (χ1n) is 46.7. The molecule has 0 aliphatic heterocycles. The van der Waals surface area contributed by atoms with Crippen molar-refractivity contribution in [2.45, 2.75) is 0 Å². The first-order valence-corrected chi connectivity index (χ1v) is 46.7. The Labute approximate surface area is 792 Å². The molecular formula is C126H80N12. The van der Waals surface area contributed by atoms with Crippen molar-refractivity contribution in [3.05, 3.63) is 485 Å². The number of para-hydroxylation sites is 12. The molecule has 0 fully saturated rings. The maximum Gasteiger partial charge on any atom is 0.166 e. The maximum absolute atomic E-state index is 5.36. The van der Waals surface area contributed by atoms with E-state index in [1.165, 1.54) is 97.8 Å². The Balaban J connectivity index is 0.000000139. The van der Waals surface area contributed by atoms with Gasteiger partial charge in [0.2, 0.25) is 0 Å². The summed E-state index contributed by atoms with van der Waals surface area (Å²) < 4.78 is 14.5. The second-order valence-electron chi connectivity index (χ2n) is 35.1. The molecule has 12 nitrogen and oxygen atoms in total. The van der Waals surface area contributed by atoms with Gasteiger partial charge in [-0.3, -0.25) is 0 Å². The SMILES string of the molecule is c1ccc(-c2nc(-c3ccccc3)nc(-c3cccc(-n4c5ccccc5c5c(-c6ccc7c(c6)c6ccccc6n7-c6ccccc6)cccc54)c3-n3c4ccccc4c4ccccc43)n2)cc1.c1ccc(-c2nc(-c3ccccc3)nc(-c3cccc(-n4c5ccccc5c5ccc(-c6cccc7c6c6ccccc6n7-c6ccccc6)cc54)c3-n3c4ccccc4c4ccccc43)n2)cc1. The summed E-state index contributed by atoms with van der Waals surface area (Å²) in [6, 6.07) is 173. The molecule has 0 amide bonds. The molecule has 0 spiro atoms. The lowest BCUT2D eigenvalue weighted by molar-refractivity contribution is 1.05. The molecule has 8 heterocycles. The van der Waals surface area contributed by atoms with E-state index in [0.717, 1.165) is 123 Å². The Morgan fingerprint density at radius 3 is 0.768 bits per heavy atom. The molecule has 0 saturated carbocycles. The van der Waals surface area contributed by atoms with E-state index in [-0.39, 0.29) is 0 Å². The molecule has 0 atom stereocenters. The molecule has 28 rings (SSSR count). The Kier molecular flexibility index (Phi) is 18.7. The van der Waals surface area contributed by atoms with E-state index in [4.69, 9.17) is 29.9 Å². The van der Waals surface area contributed by atoms with Crippen LogP contribution in [0.15, 0.2) is 485 Å². The average molecular weight is 1760 g/mol. The van der Waals surface area contributed by atoms with Crippen LogP contribution in [0.2, 0.25) is 0 Å². The Hall–Kier alpha value is -18.8. The predicted molar refractivity (Wildman–Crippen MR) is 569 cm³/mol. The minimum atomic E-state index is 0.587. The van der Waals surface area contributed by atoms with Crippen LogP contribution >= 0.6 is 0 Å².